The van der Waals surface area contributed by atoms with Crippen molar-refractivity contribution < 1.29 is 24.1 Å². The lowest BCUT2D eigenvalue weighted by atomic mass is 9.87. The minimum absolute atomic E-state index is 0.0282. The minimum Gasteiger partial charge on any atom is -0.504 e. The van der Waals surface area contributed by atoms with Crippen molar-refractivity contribution in [2.24, 2.45) is 0 Å². The first kappa shape index (κ1) is 21.0. The van der Waals surface area contributed by atoms with Crippen LogP contribution in [0.15, 0.2) is 47.3 Å². The van der Waals surface area contributed by atoms with Gasteiger partial charge in [-0.05, 0) is 35.4 Å². The minimum atomic E-state index is -0.588. The Labute approximate surface area is 173 Å². The van der Waals surface area contributed by atoms with E-state index >= 15 is 0 Å². The summed E-state index contributed by atoms with van der Waals surface area (Å²) < 4.78 is 15.2. The fraction of sp³-hybridized carbons (Fsp3) is 0.273. The van der Waals surface area contributed by atoms with Crippen molar-refractivity contribution in [3.8, 4) is 17.2 Å². The van der Waals surface area contributed by atoms with Crippen LogP contribution in [0.4, 0.5) is 0 Å². The van der Waals surface area contributed by atoms with Gasteiger partial charge in [0.05, 0.1) is 27.8 Å². The third-order valence-corrected chi connectivity index (χ3v) is 4.99. The summed E-state index contributed by atoms with van der Waals surface area (Å²) >= 11 is 0. The average molecular weight is 412 g/mol. The Morgan fingerprint density at radius 2 is 1.77 bits per heavy atom. The highest BCUT2D eigenvalue weighted by molar-refractivity contribution is 5.71. The van der Waals surface area contributed by atoms with Crippen LogP contribution in [0.3, 0.4) is 0 Å². The number of aromatic amines is 2. The van der Waals surface area contributed by atoms with Gasteiger partial charge in [-0.25, -0.2) is 0 Å². The molecule has 1 aromatic heterocycles. The van der Waals surface area contributed by atoms with Gasteiger partial charge in [0, 0.05) is 23.6 Å². The normalized spacial score (nSPS) is 11.7. The van der Waals surface area contributed by atoms with Crippen LogP contribution in [0, 0.1) is 0 Å². The number of methoxy groups -OCH3 is 3. The van der Waals surface area contributed by atoms with Crippen LogP contribution in [0.1, 0.15) is 34.7 Å². The van der Waals surface area contributed by atoms with Gasteiger partial charge in [-0.1, -0.05) is 18.2 Å². The number of aromatic hydroxyl groups is 1. The van der Waals surface area contributed by atoms with Crippen molar-refractivity contribution in [1.82, 2.24) is 10.2 Å². The molecule has 0 spiro atoms. The van der Waals surface area contributed by atoms with Crippen molar-refractivity contribution in [3.05, 3.63) is 75.2 Å². The predicted molar refractivity (Wildman–Crippen MR) is 110 cm³/mol. The molecule has 3 N–H and O–H groups in total. The van der Waals surface area contributed by atoms with E-state index in [0.717, 1.165) is 11.3 Å². The van der Waals surface area contributed by atoms with Gasteiger partial charge in [-0.2, -0.15) is 0 Å². The summed E-state index contributed by atoms with van der Waals surface area (Å²) in [6.07, 6.45) is 0.409. The topological polar surface area (TPSA) is 114 Å². The lowest BCUT2D eigenvalue weighted by molar-refractivity contribution is -0.140. The molecule has 0 aliphatic rings. The summed E-state index contributed by atoms with van der Waals surface area (Å²) in [5, 5.41) is 15.5. The molecule has 8 nitrogen and oxygen atoms in total. The Hall–Kier alpha value is -3.68. The van der Waals surface area contributed by atoms with Crippen LogP contribution in [0.5, 0.6) is 17.2 Å². The van der Waals surface area contributed by atoms with E-state index in [-0.39, 0.29) is 23.5 Å². The van der Waals surface area contributed by atoms with E-state index in [1.165, 1.54) is 20.3 Å². The van der Waals surface area contributed by atoms with E-state index < -0.39 is 11.9 Å². The standard InChI is InChI=1S/C22H24N2O6/c1-28-15-7-4-13(5-8-15)10-17-21(22(27)24-23-17)16(12-20(26)30-3)14-6-9-18(25)19(11-14)29-2/h4-9,11,16,25H,10,12H2,1-3H3,(H2,23,24,27)/t16-/m0/s1. The van der Waals surface area contributed by atoms with Gasteiger partial charge in [0.1, 0.15) is 5.75 Å². The van der Waals surface area contributed by atoms with E-state index in [4.69, 9.17) is 14.2 Å². The molecule has 0 aliphatic carbocycles. The smallest absolute Gasteiger partial charge is 0.306 e. The Morgan fingerprint density at radius 1 is 1.03 bits per heavy atom. The predicted octanol–water partition coefficient (Wildman–Crippen LogP) is 2.71. The summed E-state index contributed by atoms with van der Waals surface area (Å²) in [4.78, 5) is 24.8. The van der Waals surface area contributed by atoms with Crippen LogP contribution in [-0.2, 0) is 16.0 Å². The molecule has 0 bridgehead atoms. The molecule has 0 amide bonds. The average Bonchev–Trinajstić information content (AvgIpc) is 3.12. The Kier molecular flexibility index (Phi) is 6.46. The van der Waals surface area contributed by atoms with Gasteiger partial charge in [-0.15, -0.1) is 0 Å². The molecule has 0 fully saturated rings. The maximum absolute atomic E-state index is 12.7. The molecule has 8 heteroatoms. The summed E-state index contributed by atoms with van der Waals surface area (Å²) in [6, 6.07) is 12.3. The number of H-pyrrole nitrogens is 2. The first-order chi connectivity index (χ1) is 14.5. The number of rotatable bonds is 8. The number of hydrogen-bond donors (Lipinski definition) is 3. The number of carbonyl (C=O) groups is 1. The molecule has 0 radical (unpaired) electrons. The first-order valence-electron chi connectivity index (χ1n) is 9.32. The molecule has 3 aromatic rings. The third-order valence-electron chi connectivity index (χ3n) is 4.99. The van der Waals surface area contributed by atoms with E-state index in [1.54, 1.807) is 19.2 Å². The zero-order chi connectivity index (χ0) is 21.7. The summed E-state index contributed by atoms with van der Waals surface area (Å²) in [5.41, 5.74) is 2.39. The van der Waals surface area contributed by atoms with Crippen molar-refractivity contribution in [3.63, 3.8) is 0 Å². The molecule has 158 valence electrons. The second-order valence-electron chi connectivity index (χ2n) is 6.76. The number of esters is 1. The third kappa shape index (κ3) is 4.48. The van der Waals surface area contributed by atoms with E-state index in [2.05, 4.69) is 10.2 Å². The van der Waals surface area contributed by atoms with E-state index in [0.29, 0.717) is 23.2 Å². The van der Waals surface area contributed by atoms with Crippen molar-refractivity contribution in [2.75, 3.05) is 21.3 Å². The number of phenolic OH excluding ortho intramolecular Hbond substituents is 1. The zero-order valence-corrected chi connectivity index (χ0v) is 17.0. The number of aromatic nitrogens is 2. The van der Waals surface area contributed by atoms with Crippen LogP contribution >= 0.6 is 0 Å². The molecule has 0 unspecified atom stereocenters. The molecular weight excluding hydrogens is 388 g/mol. The Morgan fingerprint density at radius 3 is 2.40 bits per heavy atom. The van der Waals surface area contributed by atoms with Gasteiger partial charge in [0.15, 0.2) is 11.5 Å². The number of ether oxygens (including phenoxy) is 3. The quantitative estimate of drug-likeness (QED) is 0.490. The van der Waals surface area contributed by atoms with Gasteiger partial charge in [-0.3, -0.25) is 14.7 Å². The molecule has 30 heavy (non-hydrogen) atoms. The number of hydrogen-bond acceptors (Lipinski definition) is 6. The maximum atomic E-state index is 12.7. The summed E-state index contributed by atoms with van der Waals surface area (Å²) in [7, 11) is 4.34. The lowest BCUT2D eigenvalue weighted by Crippen LogP contribution is -2.18. The maximum Gasteiger partial charge on any atom is 0.306 e. The van der Waals surface area contributed by atoms with Gasteiger partial charge >= 0.3 is 5.97 Å². The molecule has 2 aromatic carbocycles. The number of nitrogens with one attached hydrogen (secondary N) is 2. The second kappa shape index (κ2) is 9.21. The van der Waals surface area contributed by atoms with Crippen molar-refractivity contribution >= 4 is 5.97 Å². The van der Waals surface area contributed by atoms with Crippen LogP contribution in [0.2, 0.25) is 0 Å². The fourth-order valence-electron chi connectivity index (χ4n) is 3.41. The van der Waals surface area contributed by atoms with Crippen molar-refractivity contribution in [2.45, 2.75) is 18.8 Å². The Balaban J connectivity index is 2.04. The van der Waals surface area contributed by atoms with Crippen LogP contribution in [0.25, 0.3) is 0 Å². The number of phenols is 1. The second-order valence-corrected chi connectivity index (χ2v) is 6.76. The summed E-state index contributed by atoms with van der Waals surface area (Å²) in [5.74, 6) is -0.0786. The molecule has 3 rings (SSSR count). The SMILES string of the molecule is COC(=O)C[C@@H](c1ccc(O)c(OC)c1)c1c(Cc2ccc(OC)cc2)[nH][nH]c1=O. The molecule has 0 aliphatic heterocycles. The van der Waals surface area contributed by atoms with E-state index in [9.17, 15) is 14.7 Å². The lowest BCUT2D eigenvalue weighted by Gasteiger charge is -2.17. The number of benzene rings is 2. The summed E-state index contributed by atoms with van der Waals surface area (Å²) in [6.45, 7) is 0. The highest BCUT2D eigenvalue weighted by Crippen LogP contribution is 2.35. The monoisotopic (exact) mass is 412 g/mol. The highest BCUT2D eigenvalue weighted by Gasteiger charge is 2.26. The van der Waals surface area contributed by atoms with Gasteiger partial charge < -0.3 is 24.4 Å². The molecule has 0 saturated heterocycles. The first-order valence-corrected chi connectivity index (χ1v) is 9.32. The zero-order valence-electron chi connectivity index (χ0n) is 17.0. The largest absolute Gasteiger partial charge is 0.504 e. The van der Waals surface area contributed by atoms with Crippen molar-refractivity contribution in [1.29, 1.82) is 0 Å². The van der Waals surface area contributed by atoms with Gasteiger partial charge in [0.2, 0.25) is 0 Å². The van der Waals surface area contributed by atoms with Crippen LogP contribution < -0.4 is 15.0 Å². The van der Waals surface area contributed by atoms with E-state index in [1.807, 2.05) is 24.3 Å². The van der Waals surface area contributed by atoms with Gasteiger partial charge in [0.25, 0.3) is 5.56 Å². The highest BCUT2D eigenvalue weighted by atomic mass is 16.5. The Bertz CT molecular complexity index is 1070. The molecule has 1 atom stereocenters. The van der Waals surface area contributed by atoms with Crippen LogP contribution in [-0.4, -0.2) is 42.6 Å². The fourth-order valence-corrected chi connectivity index (χ4v) is 3.41. The molecular formula is C22H24N2O6. The molecule has 1 heterocycles. The number of carbonyl (C=O) groups excluding carboxylic acids is 1. The molecule has 0 saturated carbocycles.